The molecule has 0 aliphatic carbocycles. The lowest BCUT2D eigenvalue weighted by molar-refractivity contribution is -0.135. The van der Waals surface area contributed by atoms with Crippen molar-refractivity contribution in [3.63, 3.8) is 0 Å². The smallest absolute Gasteiger partial charge is 0.225 e. The van der Waals surface area contributed by atoms with E-state index in [-0.39, 0.29) is 24.2 Å². The Bertz CT molecular complexity index is 419. The van der Waals surface area contributed by atoms with Crippen LogP contribution < -0.4 is 5.32 Å². The molecule has 0 unspecified atom stereocenters. The maximum atomic E-state index is 12.3. The van der Waals surface area contributed by atoms with Crippen LogP contribution in [0, 0.1) is 12.8 Å². The molecule has 5 heteroatoms. The van der Waals surface area contributed by atoms with E-state index in [0.717, 1.165) is 30.7 Å². The predicted molar refractivity (Wildman–Crippen MR) is 77.4 cm³/mol. The fourth-order valence-electron chi connectivity index (χ4n) is 2.58. The standard InChI is InChI=1S/C14H22N2O2.ClH/c1-10-8-12(4-6-15-10)14(17)16(3)9-13-5-7-18-11(13)2;/h5,7,10,12,15H,4,6,8-9H2,1-3H3;1H/t10-,12-;/m0./s1. The van der Waals surface area contributed by atoms with Crippen molar-refractivity contribution in [2.45, 2.75) is 39.3 Å². The number of furan rings is 1. The molecule has 0 bridgehead atoms. The SMILES string of the molecule is Cc1occc1CN(C)C(=O)[C@H]1CCN[C@@H](C)C1.Cl. The van der Waals surface area contributed by atoms with Gasteiger partial charge in [-0.2, -0.15) is 0 Å². The number of aryl methyl sites for hydroxylation is 1. The van der Waals surface area contributed by atoms with E-state index < -0.39 is 0 Å². The van der Waals surface area contributed by atoms with Crippen LogP contribution in [-0.2, 0) is 11.3 Å². The van der Waals surface area contributed by atoms with E-state index in [2.05, 4.69) is 12.2 Å². The fourth-order valence-corrected chi connectivity index (χ4v) is 2.58. The van der Waals surface area contributed by atoms with E-state index in [1.54, 1.807) is 6.26 Å². The number of carbonyl (C=O) groups is 1. The van der Waals surface area contributed by atoms with Gasteiger partial charge in [0.05, 0.1) is 6.26 Å². The first kappa shape index (κ1) is 16.1. The van der Waals surface area contributed by atoms with Crippen molar-refractivity contribution in [1.82, 2.24) is 10.2 Å². The van der Waals surface area contributed by atoms with Crippen molar-refractivity contribution in [1.29, 1.82) is 0 Å². The first-order chi connectivity index (χ1) is 8.58. The summed E-state index contributed by atoms with van der Waals surface area (Å²) >= 11 is 0. The summed E-state index contributed by atoms with van der Waals surface area (Å²) in [5, 5.41) is 3.37. The quantitative estimate of drug-likeness (QED) is 0.928. The lowest BCUT2D eigenvalue weighted by Gasteiger charge is -2.30. The third kappa shape index (κ3) is 3.98. The summed E-state index contributed by atoms with van der Waals surface area (Å²) in [6.07, 6.45) is 3.56. The summed E-state index contributed by atoms with van der Waals surface area (Å²) in [5.74, 6) is 1.32. The zero-order valence-electron chi connectivity index (χ0n) is 11.8. The minimum Gasteiger partial charge on any atom is -0.469 e. The molecule has 1 aromatic rings. The molecule has 0 saturated carbocycles. The van der Waals surface area contributed by atoms with Crippen LogP contribution in [0.1, 0.15) is 31.1 Å². The van der Waals surface area contributed by atoms with Gasteiger partial charge in [-0.3, -0.25) is 4.79 Å². The number of amides is 1. The van der Waals surface area contributed by atoms with Gasteiger partial charge in [0.25, 0.3) is 0 Å². The molecule has 1 fully saturated rings. The van der Waals surface area contributed by atoms with E-state index in [4.69, 9.17) is 4.42 Å². The van der Waals surface area contributed by atoms with Crippen LogP contribution in [0.4, 0.5) is 0 Å². The normalized spacial score (nSPS) is 22.7. The summed E-state index contributed by atoms with van der Waals surface area (Å²) in [4.78, 5) is 14.2. The van der Waals surface area contributed by atoms with Crippen molar-refractivity contribution in [3.05, 3.63) is 23.7 Å². The third-order valence-corrected chi connectivity index (χ3v) is 3.72. The molecule has 0 radical (unpaired) electrons. The molecule has 0 aromatic carbocycles. The highest BCUT2D eigenvalue weighted by atomic mass is 35.5. The van der Waals surface area contributed by atoms with E-state index in [1.165, 1.54) is 0 Å². The Balaban J connectivity index is 0.00000180. The lowest BCUT2D eigenvalue weighted by Crippen LogP contribution is -2.42. The second kappa shape index (κ2) is 6.96. The van der Waals surface area contributed by atoms with Gasteiger partial charge in [0.2, 0.25) is 5.91 Å². The van der Waals surface area contributed by atoms with Crippen LogP contribution in [0.2, 0.25) is 0 Å². The molecule has 19 heavy (non-hydrogen) atoms. The third-order valence-electron chi connectivity index (χ3n) is 3.72. The first-order valence-corrected chi connectivity index (χ1v) is 6.59. The van der Waals surface area contributed by atoms with Gasteiger partial charge in [-0.05, 0) is 39.3 Å². The number of hydrogen-bond acceptors (Lipinski definition) is 3. The van der Waals surface area contributed by atoms with Crippen molar-refractivity contribution in [2.24, 2.45) is 5.92 Å². The van der Waals surface area contributed by atoms with Crippen LogP contribution in [0.5, 0.6) is 0 Å². The fraction of sp³-hybridized carbons (Fsp3) is 0.643. The molecule has 1 N–H and O–H groups in total. The number of nitrogens with zero attached hydrogens (tertiary/aromatic N) is 1. The number of rotatable bonds is 3. The second-order valence-electron chi connectivity index (χ2n) is 5.27. The Morgan fingerprint density at radius 1 is 1.58 bits per heavy atom. The van der Waals surface area contributed by atoms with Crippen LogP contribution in [0.3, 0.4) is 0 Å². The Labute approximate surface area is 120 Å². The maximum absolute atomic E-state index is 12.3. The Morgan fingerprint density at radius 2 is 2.32 bits per heavy atom. The monoisotopic (exact) mass is 286 g/mol. The van der Waals surface area contributed by atoms with Crippen LogP contribution >= 0.6 is 12.4 Å². The molecule has 1 amide bonds. The van der Waals surface area contributed by atoms with Crippen molar-refractivity contribution in [3.8, 4) is 0 Å². The summed E-state index contributed by atoms with van der Waals surface area (Å²) in [7, 11) is 1.88. The van der Waals surface area contributed by atoms with Crippen molar-refractivity contribution >= 4 is 18.3 Å². The zero-order valence-corrected chi connectivity index (χ0v) is 12.6. The second-order valence-corrected chi connectivity index (χ2v) is 5.27. The largest absolute Gasteiger partial charge is 0.469 e. The van der Waals surface area contributed by atoms with Crippen LogP contribution in [0.15, 0.2) is 16.7 Å². The molecule has 0 spiro atoms. The molecule has 2 heterocycles. The van der Waals surface area contributed by atoms with Gasteiger partial charge in [0.15, 0.2) is 0 Å². The molecule has 1 aliphatic rings. The highest BCUT2D eigenvalue weighted by molar-refractivity contribution is 5.85. The Hall–Kier alpha value is -1.00. The molecule has 108 valence electrons. The molecular weight excluding hydrogens is 264 g/mol. The van der Waals surface area contributed by atoms with Crippen molar-refractivity contribution < 1.29 is 9.21 Å². The molecular formula is C14H23ClN2O2. The topological polar surface area (TPSA) is 45.5 Å². The highest BCUT2D eigenvalue weighted by Crippen LogP contribution is 2.20. The predicted octanol–water partition coefficient (Wildman–Crippen LogP) is 2.36. The summed E-state index contributed by atoms with van der Waals surface area (Å²) in [5.41, 5.74) is 1.09. The van der Waals surface area contributed by atoms with E-state index >= 15 is 0 Å². The first-order valence-electron chi connectivity index (χ1n) is 6.59. The number of halogens is 1. The number of piperidine rings is 1. The zero-order chi connectivity index (χ0) is 13.1. The summed E-state index contributed by atoms with van der Waals surface area (Å²) in [6, 6.07) is 2.38. The van der Waals surface area contributed by atoms with Gasteiger partial charge in [0.1, 0.15) is 5.76 Å². The minimum absolute atomic E-state index is 0. The number of carbonyl (C=O) groups excluding carboxylic acids is 1. The van der Waals surface area contributed by atoms with E-state index in [0.29, 0.717) is 12.6 Å². The van der Waals surface area contributed by atoms with Crippen molar-refractivity contribution in [2.75, 3.05) is 13.6 Å². The highest BCUT2D eigenvalue weighted by Gasteiger charge is 2.27. The van der Waals surface area contributed by atoms with Gasteiger partial charge < -0.3 is 14.6 Å². The molecule has 1 aromatic heterocycles. The van der Waals surface area contributed by atoms with E-state index in [9.17, 15) is 4.79 Å². The van der Waals surface area contributed by atoms with Gasteiger partial charge in [-0.15, -0.1) is 12.4 Å². The minimum atomic E-state index is 0. The molecule has 2 atom stereocenters. The van der Waals surface area contributed by atoms with Gasteiger partial charge in [0, 0.05) is 31.1 Å². The molecule has 1 aliphatic heterocycles. The summed E-state index contributed by atoms with van der Waals surface area (Å²) in [6.45, 7) is 5.65. The van der Waals surface area contributed by atoms with Gasteiger partial charge >= 0.3 is 0 Å². The molecule has 4 nitrogen and oxygen atoms in total. The number of nitrogens with one attached hydrogen (secondary N) is 1. The van der Waals surface area contributed by atoms with E-state index in [1.807, 2.05) is 24.9 Å². The lowest BCUT2D eigenvalue weighted by atomic mass is 9.92. The average Bonchev–Trinajstić information content (AvgIpc) is 2.74. The molecule has 2 rings (SSSR count). The molecule has 1 saturated heterocycles. The van der Waals surface area contributed by atoms with Gasteiger partial charge in [-0.25, -0.2) is 0 Å². The Kier molecular flexibility index (Phi) is 5.88. The van der Waals surface area contributed by atoms with Crippen LogP contribution in [0.25, 0.3) is 0 Å². The summed E-state index contributed by atoms with van der Waals surface area (Å²) < 4.78 is 5.26. The van der Waals surface area contributed by atoms with Gasteiger partial charge in [-0.1, -0.05) is 0 Å². The average molecular weight is 287 g/mol. The number of hydrogen-bond donors (Lipinski definition) is 1. The van der Waals surface area contributed by atoms with Crippen LogP contribution in [-0.4, -0.2) is 30.4 Å². The maximum Gasteiger partial charge on any atom is 0.225 e. The Morgan fingerprint density at radius 3 is 2.89 bits per heavy atom.